The van der Waals surface area contributed by atoms with Gasteiger partial charge in [0.15, 0.2) is 0 Å². The molecule has 0 saturated carbocycles. The Hall–Kier alpha value is -2.61. The Balaban J connectivity index is 2.49. The summed E-state index contributed by atoms with van der Waals surface area (Å²) in [6.07, 6.45) is 4.47. The Morgan fingerprint density at radius 3 is 1.86 bits per heavy atom. The van der Waals surface area contributed by atoms with Gasteiger partial charge in [0, 0.05) is 19.8 Å². The van der Waals surface area contributed by atoms with E-state index in [1.165, 1.54) is 0 Å². The van der Waals surface area contributed by atoms with Crippen LogP contribution in [0.4, 0.5) is 0 Å². The van der Waals surface area contributed by atoms with Gasteiger partial charge in [-0.25, -0.2) is 0 Å². The minimum atomic E-state index is 0.830. The lowest BCUT2D eigenvalue weighted by atomic mass is 10.0. The molecule has 0 atom stereocenters. The standard InChI is InChI=1S/C19H19NO/c1-20(2)19(17-11-7-4-8-12-17)15-18(13-14-21)16-9-5-3-6-10-16/h3-15H,1-2H3/b18-13-,19-15+. The molecule has 0 amide bonds. The Morgan fingerprint density at radius 2 is 1.38 bits per heavy atom. The van der Waals surface area contributed by atoms with Gasteiger partial charge in [-0.3, -0.25) is 4.79 Å². The SMILES string of the molecule is CN(C)/C(=C/C(=C/C=O)c1ccccc1)c1ccccc1. The zero-order valence-corrected chi connectivity index (χ0v) is 12.4. The predicted molar refractivity (Wildman–Crippen MR) is 88.6 cm³/mol. The van der Waals surface area contributed by atoms with Crippen molar-refractivity contribution < 1.29 is 4.79 Å². The second kappa shape index (κ2) is 7.25. The molecule has 0 heterocycles. The van der Waals surface area contributed by atoms with Gasteiger partial charge < -0.3 is 4.90 Å². The largest absolute Gasteiger partial charge is 0.377 e. The number of benzene rings is 2. The van der Waals surface area contributed by atoms with Crippen LogP contribution in [0.15, 0.2) is 72.8 Å². The van der Waals surface area contributed by atoms with Crippen LogP contribution in [-0.4, -0.2) is 25.3 Å². The van der Waals surface area contributed by atoms with Gasteiger partial charge in [-0.2, -0.15) is 0 Å². The van der Waals surface area contributed by atoms with Crippen LogP contribution in [0.3, 0.4) is 0 Å². The Labute approximate surface area is 126 Å². The van der Waals surface area contributed by atoms with E-state index >= 15 is 0 Å². The van der Waals surface area contributed by atoms with Gasteiger partial charge in [-0.05, 0) is 28.9 Å². The molecular formula is C19H19NO. The lowest BCUT2D eigenvalue weighted by molar-refractivity contribution is -0.104. The Bertz CT molecular complexity index is 640. The molecule has 2 rings (SSSR count). The van der Waals surface area contributed by atoms with Crippen LogP contribution in [0.5, 0.6) is 0 Å². The number of carbonyl (C=O) groups is 1. The molecule has 2 aromatic carbocycles. The van der Waals surface area contributed by atoms with Gasteiger partial charge >= 0.3 is 0 Å². The van der Waals surface area contributed by atoms with E-state index in [4.69, 9.17) is 0 Å². The highest BCUT2D eigenvalue weighted by Crippen LogP contribution is 2.23. The van der Waals surface area contributed by atoms with Gasteiger partial charge in [-0.15, -0.1) is 0 Å². The smallest absolute Gasteiger partial charge is 0.143 e. The van der Waals surface area contributed by atoms with Crippen molar-refractivity contribution in [2.24, 2.45) is 0 Å². The third kappa shape index (κ3) is 3.93. The molecule has 0 aliphatic carbocycles. The third-order valence-corrected chi connectivity index (χ3v) is 3.20. The van der Waals surface area contributed by atoms with Crippen LogP contribution in [-0.2, 0) is 4.79 Å². The molecule has 0 saturated heterocycles. The van der Waals surface area contributed by atoms with Gasteiger partial charge in [-0.1, -0.05) is 60.7 Å². The maximum atomic E-state index is 11.0. The predicted octanol–water partition coefficient (Wildman–Crippen LogP) is 3.87. The highest BCUT2D eigenvalue weighted by molar-refractivity contribution is 5.90. The van der Waals surface area contributed by atoms with E-state index in [0.29, 0.717) is 0 Å². The molecule has 0 bridgehead atoms. The van der Waals surface area contributed by atoms with Crippen LogP contribution < -0.4 is 0 Å². The summed E-state index contributed by atoms with van der Waals surface area (Å²) in [7, 11) is 4.00. The van der Waals surface area contributed by atoms with Crippen LogP contribution >= 0.6 is 0 Å². The molecule has 0 unspecified atom stereocenters. The molecule has 0 aromatic heterocycles. The second-order valence-electron chi connectivity index (χ2n) is 4.91. The maximum Gasteiger partial charge on any atom is 0.143 e. The Kier molecular flexibility index (Phi) is 5.10. The first kappa shape index (κ1) is 14.8. The highest BCUT2D eigenvalue weighted by atomic mass is 16.1. The van der Waals surface area contributed by atoms with Gasteiger partial charge in [0.25, 0.3) is 0 Å². The molecule has 0 spiro atoms. The normalized spacial score (nSPS) is 12.1. The molecule has 2 aromatic rings. The van der Waals surface area contributed by atoms with E-state index in [2.05, 4.69) is 17.0 Å². The lowest BCUT2D eigenvalue weighted by Crippen LogP contribution is -2.10. The van der Waals surface area contributed by atoms with Crippen molar-refractivity contribution in [3.05, 3.63) is 83.9 Å². The quantitative estimate of drug-likeness (QED) is 0.470. The summed E-state index contributed by atoms with van der Waals surface area (Å²) in [4.78, 5) is 13.0. The molecule has 106 valence electrons. The minimum absolute atomic E-state index is 0.830. The van der Waals surface area contributed by atoms with E-state index in [1.54, 1.807) is 6.08 Å². The van der Waals surface area contributed by atoms with Crippen molar-refractivity contribution in [2.75, 3.05) is 14.1 Å². The fourth-order valence-corrected chi connectivity index (χ4v) is 2.16. The molecule has 0 fully saturated rings. The first-order valence-electron chi connectivity index (χ1n) is 6.87. The van der Waals surface area contributed by atoms with Crippen LogP contribution in [0.2, 0.25) is 0 Å². The monoisotopic (exact) mass is 277 g/mol. The minimum Gasteiger partial charge on any atom is -0.377 e. The van der Waals surface area contributed by atoms with Gasteiger partial charge in [0.2, 0.25) is 0 Å². The zero-order chi connectivity index (χ0) is 15.1. The van der Waals surface area contributed by atoms with Crippen LogP contribution in [0.25, 0.3) is 11.3 Å². The summed E-state index contributed by atoms with van der Waals surface area (Å²) in [6.45, 7) is 0. The first-order chi connectivity index (χ1) is 10.2. The maximum absolute atomic E-state index is 11.0. The van der Waals surface area contributed by atoms with Crippen LogP contribution in [0.1, 0.15) is 11.1 Å². The molecule has 2 heteroatoms. The van der Waals surface area contributed by atoms with Crippen molar-refractivity contribution in [1.29, 1.82) is 0 Å². The highest BCUT2D eigenvalue weighted by Gasteiger charge is 2.06. The number of carbonyl (C=O) groups excluding carboxylic acids is 1. The number of nitrogens with zero attached hydrogens (tertiary/aromatic N) is 1. The van der Waals surface area contributed by atoms with E-state index in [1.807, 2.05) is 68.7 Å². The Morgan fingerprint density at radius 1 is 0.857 bits per heavy atom. The third-order valence-electron chi connectivity index (χ3n) is 3.20. The topological polar surface area (TPSA) is 20.3 Å². The zero-order valence-electron chi connectivity index (χ0n) is 12.4. The van der Waals surface area contributed by atoms with E-state index in [-0.39, 0.29) is 0 Å². The lowest BCUT2D eigenvalue weighted by Gasteiger charge is -2.18. The van der Waals surface area contributed by atoms with Crippen molar-refractivity contribution in [3.63, 3.8) is 0 Å². The van der Waals surface area contributed by atoms with Gasteiger partial charge in [0.1, 0.15) is 6.29 Å². The van der Waals surface area contributed by atoms with E-state index < -0.39 is 0 Å². The fourth-order valence-electron chi connectivity index (χ4n) is 2.16. The average molecular weight is 277 g/mol. The summed E-state index contributed by atoms with van der Waals surface area (Å²) < 4.78 is 0. The van der Waals surface area contributed by atoms with Crippen LogP contribution in [0, 0.1) is 0 Å². The number of allylic oxidation sites excluding steroid dienone is 3. The molecule has 2 nitrogen and oxygen atoms in total. The van der Waals surface area contributed by atoms with Crippen molar-refractivity contribution in [2.45, 2.75) is 0 Å². The second-order valence-corrected chi connectivity index (χ2v) is 4.91. The van der Waals surface area contributed by atoms with Crippen molar-refractivity contribution >= 4 is 17.6 Å². The average Bonchev–Trinajstić information content (AvgIpc) is 2.52. The first-order valence-corrected chi connectivity index (χ1v) is 6.87. The molecule has 0 aliphatic heterocycles. The molecule has 21 heavy (non-hydrogen) atoms. The number of rotatable bonds is 5. The van der Waals surface area contributed by atoms with Crippen molar-refractivity contribution in [3.8, 4) is 0 Å². The summed E-state index contributed by atoms with van der Waals surface area (Å²) in [5.74, 6) is 0. The molecular weight excluding hydrogens is 258 g/mol. The summed E-state index contributed by atoms with van der Waals surface area (Å²) >= 11 is 0. The van der Waals surface area contributed by atoms with Gasteiger partial charge in [0.05, 0.1) is 0 Å². The fraction of sp³-hybridized carbons (Fsp3) is 0.105. The summed E-state index contributed by atoms with van der Waals surface area (Å²) in [5.41, 5.74) is 4.11. The summed E-state index contributed by atoms with van der Waals surface area (Å²) in [6, 6.07) is 20.1. The number of aldehydes is 1. The summed E-state index contributed by atoms with van der Waals surface area (Å²) in [5, 5.41) is 0. The number of hydrogen-bond donors (Lipinski definition) is 0. The molecule has 0 aliphatic rings. The molecule has 0 radical (unpaired) electrons. The van der Waals surface area contributed by atoms with E-state index in [0.717, 1.165) is 28.7 Å². The number of hydrogen-bond acceptors (Lipinski definition) is 2. The molecule has 0 N–H and O–H groups in total. The van der Waals surface area contributed by atoms with Crippen molar-refractivity contribution in [1.82, 2.24) is 4.90 Å². The van der Waals surface area contributed by atoms with E-state index in [9.17, 15) is 4.79 Å².